The molecule has 1 saturated heterocycles. The largest absolute Gasteiger partial charge is 0.479 e. The molecule has 2 aromatic carbocycles. The monoisotopic (exact) mass is 547 g/mol. The molecule has 9 nitrogen and oxygen atoms in total. The average Bonchev–Trinajstić information content (AvgIpc) is 2.70. The number of carbonyl (C=O) groups is 3. The van der Waals surface area contributed by atoms with E-state index >= 15 is 0 Å². The number of rotatable bonds is 5. The van der Waals surface area contributed by atoms with Gasteiger partial charge in [0.2, 0.25) is 0 Å². The Morgan fingerprint density at radius 1 is 1.19 bits per heavy atom. The van der Waals surface area contributed by atoms with Crippen LogP contribution < -0.4 is 15.0 Å². The van der Waals surface area contributed by atoms with Crippen LogP contribution in [0, 0.1) is 22.5 Å². The Hall–Kier alpha value is -3.49. The fourth-order valence-electron chi connectivity index (χ4n) is 2.72. The van der Waals surface area contributed by atoms with Crippen LogP contribution in [0.5, 0.6) is 5.75 Å². The molecule has 1 fully saturated rings. The zero-order chi connectivity index (χ0) is 22.7. The third-order valence-corrected chi connectivity index (χ3v) is 5.10. The van der Waals surface area contributed by atoms with Gasteiger partial charge in [0.25, 0.3) is 17.5 Å². The number of hydrogen-bond donors (Lipinski definition) is 1. The maximum absolute atomic E-state index is 13.0. The van der Waals surface area contributed by atoms with E-state index in [2.05, 4.69) is 43.1 Å². The number of halogens is 2. The van der Waals surface area contributed by atoms with Gasteiger partial charge in [0, 0.05) is 22.2 Å². The molecule has 4 amide bonds. The first kappa shape index (κ1) is 22.2. The predicted molar refractivity (Wildman–Crippen MR) is 118 cm³/mol. The zero-order valence-corrected chi connectivity index (χ0v) is 18.6. The number of urea groups is 1. The summed E-state index contributed by atoms with van der Waals surface area (Å²) in [5.74, 6) is 0.832. The summed E-state index contributed by atoms with van der Waals surface area (Å²) in [5.41, 5.74) is -0.137. The third kappa shape index (κ3) is 4.65. The van der Waals surface area contributed by atoms with Gasteiger partial charge in [0.05, 0.1) is 15.1 Å². The highest BCUT2D eigenvalue weighted by molar-refractivity contribution is 9.11. The topological polar surface area (TPSA) is 119 Å². The smallest absolute Gasteiger partial charge is 0.335 e. The molecule has 3 rings (SSSR count). The molecule has 1 aliphatic rings. The van der Waals surface area contributed by atoms with E-state index in [1.54, 1.807) is 12.1 Å². The van der Waals surface area contributed by atoms with Crippen molar-refractivity contribution >= 4 is 67.2 Å². The minimum Gasteiger partial charge on any atom is -0.479 e. The number of ether oxygens (including phenoxy) is 1. The molecular weight excluding hydrogens is 538 g/mol. The second kappa shape index (κ2) is 9.11. The molecule has 1 heterocycles. The molecule has 11 heteroatoms. The van der Waals surface area contributed by atoms with Gasteiger partial charge in [0.1, 0.15) is 17.9 Å². The minimum atomic E-state index is -0.972. The van der Waals surface area contributed by atoms with E-state index in [0.29, 0.717) is 25.2 Å². The van der Waals surface area contributed by atoms with Gasteiger partial charge < -0.3 is 4.74 Å². The first-order chi connectivity index (χ1) is 14.7. The van der Waals surface area contributed by atoms with Crippen LogP contribution in [-0.2, 0) is 9.59 Å². The van der Waals surface area contributed by atoms with Crippen molar-refractivity contribution in [2.24, 2.45) is 0 Å². The van der Waals surface area contributed by atoms with Crippen molar-refractivity contribution in [3.63, 3.8) is 0 Å². The number of nitrogens with one attached hydrogen (secondary N) is 1. The molecule has 0 aromatic heterocycles. The molecular formula is C20H11Br2N3O6. The maximum Gasteiger partial charge on any atom is 0.335 e. The number of terminal acetylenes is 1. The van der Waals surface area contributed by atoms with Gasteiger partial charge in [-0.05, 0) is 46.3 Å². The van der Waals surface area contributed by atoms with Crippen molar-refractivity contribution in [3.05, 3.63) is 66.6 Å². The molecule has 156 valence electrons. The van der Waals surface area contributed by atoms with E-state index in [9.17, 15) is 24.5 Å². The van der Waals surface area contributed by atoms with E-state index in [-0.39, 0.29) is 23.6 Å². The summed E-state index contributed by atoms with van der Waals surface area (Å²) in [5, 5.41) is 12.9. The predicted octanol–water partition coefficient (Wildman–Crippen LogP) is 3.80. The summed E-state index contributed by atoms with van der Waals surface area (Å²) in [7, 11) is 0. The number of nitro benzene ring substituents is 1. The lowest BCUT2D eigenvalue weighted by Gasteiger charge is -2.26. The fraction of sp³-hybridized carbons (Fsp3) is 0.0500. The van der Waals surface area contributed by atoms with Gasteiger partial charge in [-0.1, -0.05) is 21.9 Å². The van der Waals surface area contributed by atoms with Crippen LogP contribution in [0.2, 0.25) is 0 Å². The van der Waals surface area contributed by atoms with Gasteiger partial charge >= 0.3 is 6.03 Å². The van der Waals surface area contributed by atoms with Crippen LogP contribution in [0.4, 0.5) is 16.2 Å². The lowest BCUT2D eigenvalue weighted by atomic mass is 10.1. The van der Waals surface area contributed by atoms with Gasteiger partial charge in [-0.15, -0.1) is 6.42 Å². The summed E-state index contributed by atoms with van der Waals surface area (Å²) in [4.78, 5) is 48.7. The number of amides is 4. The lowest BCUT2D eigenvalue weighted by Crippen LogP contribution is -2.54. The van der Waals surface area contributed by atoms with Crippen LogP contribution in [0.3, 0.4) is 0 Å². The summed E-state index contributed by atoms with van der Waals surface area (Å²) >= 11 is 6.67. The highest BCUT2D eigenvalue weighted by Gasteiger charge is 2.37. The van der Waals surface area contributed by atoms with E-state index in [1.807, 2.05) is 0 Å². The Morgan fingerprint density at radius 2 is 1.87 bits per heavy atom. The molecule has 2 aromatic rings. The number of nitro groups is 1. The standard InChI is InChI=1S/C20H11Br2N3O6/c1-2-7-31-17-11(8-12(21)10-16(17)22)9-15-18(26)23-20(28)24(19(15)27)13-3-5-14(6-4-13)25(29)30/h1,3-6,8-10H,7H2,(H,23,26,28)/b15-9+. The number of carbonyl (C=O) groups excluding carboxylic acids is 3. The highest BCUT2D eigenvalue weighted by Crippen LogP contribution is 2.35. The normalized spacial score (nSPS) is 14.9. The van der Waals surface area contributed by atoms with Gasteiger partial charge in [0.15, 0.2) is 0 Å². The van der Waals surface area contributed by atoms with Crippen LogP contribution in [0.25, 0.3) is 6.08 Å². The van der Waals surface area contributed by atoms with Crippen molar-refractivity contribution in [1.29, 1.82) is 0 Å². The molecule has 0 radical (unpaired) electrons. The number of hydrogen-bond acceptors (Lipinski definition) is 6. The first-order valence-corrected chi connectivity index (χ1v) is 10.0. The van der Waals surface area contributed by atoms with E-state index in [1.165, 1.54) is 18.2 Å². The van der Waals surface area contributed by atoms with Crippen LogP contribution >= 0.6 is 31.9 Å². The average molecular weight is 549 g/mol. The summed E-state index contributed by atoms with van der Waals surface area (Å²) in [6.45, 7) is -0.0516. The number of imide groups is 2. The lowest BCUT2D eigenvalue weighted by molar-refractivity contribution is -0.384. The van der Waals surface area contributed by atoms with Crippen LogP contribution in [0.15, 0.2) is 50.9 Å². The zero-order valence-electron chi connectivity index (χ0n) is 15.4. The van der Waals surface area contributed by atoms with Gasteiger partial charge in [-0.25, -0.2) is 9.69 Å². The molecule has 1 N–H and O–H groups in total. The Kier molecular flexibility index (Phi) is 6.53. The van der Waals surface area contributed by atoms with Crippen molar-refractivity contribution in [2.45, 2.75) is 0 Å². The third-order valence-electron chi connectivity index (χ3n) is 4.06. The summed E-state index contributed by atoms with van der Waals surface area (Å²) in [6.07, 6.45) is 6.51. The Morgan fingerprint density at radius 3 is 2.48 bits per heavy atom. The number of nitrogens with zero attached hydrogens (tertiary/aromatic N) is 2. The number of non-ortho nitro benzene ring substituents is 1. The van der Waals surface area contributed by atoms with E-state index < -0.39 is 22.8 Å². The van der Waals surface area contributed by atoms with E-state index in [4.69, 9.17) is 11.2 Å². The van der Waals surface area contributed by atoms with Gasteiger partial charge in [-0.2, -0.15) is 0 Å². The van der Waals surface area contributed by atoms with Crippen molar-refractivity contribution in [3.8, 4) is 18.1 Å². The molecule has 0 aliphatic carbocycles. The molecule has 0 atom stereocenters. The quantitative estimate of drug-likeness (QED) is 0.199. The summed E-state index contributed by atoms with van der Waals surface area (Å²) in [6, 6.07) is 7.10. The Bertz CT molecular complexity index is 1180. The van der Waals surface area contributed by atoms with E-state index in [0.717, 1.165) is 12.1 Å². The fourth-order valence-corrected chi connectivity index (χ4v) is 4.10. The number of benzene rings is 2. The number of anilines is 1. The SMILES string of the molecule is C#CCOc1c(Br)cc(Br)cc1/C=C1\C(=O)NC(=O)N(c2ccc([N+](=O)[O-])cc2)C1=O. The van der Waals surface area contributed by atoms with Crippen LogP contribution in [0.1, 0.15) is 5.56 Å². The Labute approximate surface area is 192 Å². The summed E-state index contributed by atoms with van der Waals surface area (Å²) < 4.78 is 6.67. The molecule has 0 unspecified atom stereocenters. The molecule has 0 bridgehead atoms. The number of barbiturate groups is 1. The maximum atomic E-state index is 13.0. The molecule has 0 saturated carbocycles. The minimum absolute atomic E-state index is 0.0516. The molecule has 31 heavy (non-hydrogen) atoms. The van der Waals surface area contributed by atoms with Crippen LogP contribution in [-0.4, -0.2) is 29.4 Å². The second-order valence-corrected chi connectivity index (χ2v) is 7.80. The first-order valence-electron chi connectivity index (χ1n) is 8.44. The van der Waals surface area contributed by atoms with Crippen molar-refractivity contribution in [2.75, 3.05) is 11.5 Å². The van der Waals surface area contributed by atoms with Crippen molar-refractivity contribution < 1.29 is 24.0 Å². The highest BCUT2D eigenvalue weighted by atomic mass is 79.9. The Balaban J connectivity index is 2.05. The van der Waals surface area contributed by atoms with Gasteiger partial charge in [-0.3, -0.25) is 25.0 Å². The van der Waals surface area contributed by atoms with Crippen molar-refractivity contribution in [1.82, 2.24) is 5.32 Å². The molecule has 1 aliphatic heterocycles. The second-order valence-electron chi connectivity index (χ2n) is 6.03. The molecule has 0 spiro atoms.